The Labute approximate surface area is 60.9 Å². The molecule has 2 heteroatoms. The van der Waals surface area contributed by atoms with Crippen molar-refractivity contribution in [3.8, 4) is 0 Å². The molecule has 2 rings (SSSR count). The van der Waals surface area contributed by atoms with Gasteiger partial charge in [0, 0.05) is 12.5 Å². The van der Waals surface area contributed by atoms with Crippen LogP contribution in [-0.2, 0) is 0 Å². The second-order valence-corrected chi connectivity index (χ2v) is 3.67. The van der Waals surface area contributed by atoms with E-state index in [1.54, 1.807) is 0 Å². The van der Waals surface area contributed by atoms with Crippen LogP contribution in [0.25, 0.3) is 0 Å². The molecule has 0 aromatic carbocycles. The maximum atomic E-state index is 9.52. The van der Waals surface area contributed by atoms with Crippen molar-refractivity contribution in [2.75, 3.05) is 6.61 Å². The van der Waals surface area contributed by atoms with E-state index in [1.165, 1.54) is 12.8 Å². The van der Waals surface area contributed by atoms with Crippen LogP contribution in [0.5, 0.6) is 0 Å². The summed E-state index contributed by atoms with van der Waals surface area (Å²) in [5, 5.41) is 18.4. The minimum atomic E-state index is -0.191. The van der Waals surface area contributed by atoms with E-state index in [0.29, 0.717) is 11.8 Å². The highest BCUT2D eigenvalue weighted by Crippen LogP contribution is 2.48. The quantitative estimate of drug-likeness (QED) is 0.556. The summed E-state index contributed by atoms with van der Waals surface area (Å²) in [6, 6.07) is 0. The van der Waals surface area contributed by atoms with Gasteiger partial charge in [-0.15, -0.1) is 0 Å². The Hall–Kier alpha value is -0.0800. The zero-order valence-electron chi connectivity index (χ0n) is 6.03. The predicted molar refractivity (Wildman–Crippen MR) is 37.4 cm³/mol. The second-order valence-electron chi connectivity index (χ2n) is 3.67. The van der Waals surface area contributed by atoms with Gasteiger partial charge in [-0.3, -0.25) is 0 Å². The van der Waals surface area contributed by atoms with Gasteiger partial charge in [0.15, 0.2) is 0 Å². The molecule has 0 radical (unpaired) electrons. The molecule has 0 aromatic heterocycles. The summed E-state index contributed by atoms with van der Waals surface area (Å²) in [7, 11) is 0. The highest BCUT2D eigenvalue weighted by molar-refractivity contribution is 4.96. The first kappa shape index (κ1) is 6.62. The molecule has 0 heterocycles. The third kappa shape index (κ3) is 0.722. The van der Waals surface area contributed by atoms with Gasteiger partial charge >= 0.3 is 0 Å². The number of aliphatic hydroxyl groups is 2. The normalized spacial score (nSPS) is 52.2. The van der Waals surface area contributed by atoms with Gasteiger partial charge in [0.25, 0.3) is 0 Å². The Bertz CT molecular complexity index is 133. The summed E-state index contributed by atoms with van der Waals surface area (Å²) in [5.41, 5.74) is 0. The van der Waals surface area contributed by atoms with E-state index in [4.69, 9.17) is 5.11 Å². The van der Waals surface area contributed by atoms with Gasteiger partial charge in [-0.25, -0.2) is 0 Å². The first-order valence-electron chi connectivity index (χ1n) is 4.12. The van der Waals surface area contributed by atoms with E-state index in [2.05, 4.69) is 0 Å². The fourth-order valence-corrected chi connectivity index (χ4v) is 2.64. The first-order valence-corrected chi connectivity index (χ1v) is 4.12. The lowest BCUT2D eigenvalue weighted by molar-refractivity contribution is 0.0276. The van der Waals surface area contributed by atoms with Crippen molar-refractivity contribution >= 4 is 0 Å². The van der Waals surface area contributed by atoms with Crippen molar-refractivity contribution in [3.63, 3.8) is 0 Å². The SMILES string of the molecule is OCC1C2CCC(C2)C1O. The first-order chi connectivity index (χ1) is 4.83. The molecule has 0 spiro atoms. The summed E-state index contributed by atoms with van der Waals surface area (Å²) >= 11 is 0. The fraction of sp³-hybridized carbons (Fsp3) is 1.00. The topological polar surface area (TPSA) is 40.5 Å². The number of hydrogen-bond acceptors (Lipinski definition) is 2. The van der Waals surface area contributed by atoms with Crippen LogP contribution >= 0.6 is 0 Å². The van der Waals surface area contributed by atoms with Gasteiger partial charge in [-0.1, -0.05) is 0 Å². The zero-order valence-corrected chi connectivity index (χ0v) is 6.03. The zero-order chi connectivity index (χ0) is 7.14. The molecule has 0 aromatic rings. The molecule has 0 aliphatic heterocycles. The molecule has 2 aliphatic rings. The van der Waals surface area contributed by atoms with Crippen molar-refractivity contribution in [2.24, 2.45) is 17.8 Å². The van der Waals surface area contributed by atoms with Crippen molar-refractivity contribution in [1.29, 1.82) is 0 Å². The van der Waals surface area contributed by atoms with E-state index in [0.717, 1.165) is 6.42 Å². The van der Waals surface area contributed by atoms with Gasteiger partial charge < -0.3 is 10.2 Å². The lowest BCUT2D eigenvalue weighted by Crippen LogP contribution is -2.29. The summed E-state index contributed by atoms with van der Waals surface area (Å²) < 4.78 is 0. The second kappa shape index (κ2) is 2.21. The third-order valence-electron chi connectivity index (χ3n) is 3.25. The smallest absolute Gasteiger partial charge is 0.0621 e. The molecule has 0 saturated heterocycles. The van der Waals surface area contributed by atoms with E-state index >= 15 is 0 Å². The number of hydrogen-bond donors (Lipinski definition) is 2. The summed E-state index contributed by atoms with van der Waals surface area (Å²) in [5.74, 6) is 1.35. The summed E-state index contributed by atoms with van der Waals surface area (Å²) in [6.45, 7) is 0.183. The van der Waals surface area contributed by atoms with Gasteiger partial charge in [-0.2, -0.15) is 0 Å². The molecule has 0 amide bonds. The Balaban J connectivity index is 2.10. The molecule has 58 valence electrons. The average molecular weight is 142 g/mol. The van der Waals surface area contributed by atoms with Crippen molar-refractivity contribution in [3.05, 3.63) is 0 Å². The van der Waals surface area contributed by atoms with Crippen LogP contribution in [0.4, 0.5) is 0 Å². The molecule has 10 heavy (non-hydrogen) atoms. The molecular formula is C8H14O2. The lowest BCUT2D eigenvalue weighted by Gasteiger charge is -2.24. The van der Waals surface area contributed by atoms with Crippen molar-refractivity contribution in [1.82, 2.24) is 0 Å². The minimum absolute atomic E-state index is 0.183. The summed E-state index contributed by atoms with van der Waals surface area (Å²) in [6.07, 6.45) is 3.38. The predicted octanol–water partition coefficient (Wildman–Crippen LogP) is 0.386. The number of aliphatic hydroxyl groups excluding tert-OH is 2. The Kier molecular flexibility index (Phi) is 1.46. The fourth-order valence-electron chi connectivity index (χ4n) is 2.64. The van der Waals surface area contributed by atoms with Crippen molar-refractivity contribution in [2.45, 2.75) is 25.4 Å². The molecule has 2 fully saturated rings. The largest absolute Gasteiger partial charge is 0.396 e. The molecular weight excluding hydrogens is 128 g/mol. The molecule has 2 N–H and O–H groups in total. The van der Waals surface area contributed by atoms with E-state index in [-0.39, 0.29) is 18.6 Å². The highest BCUT2D eigenvalue weighted by atomic mass is 16.3. The van der Waals surface area contributed by atoms with Crippen LogP contribution in [0.15, 0.2) is 0 Å². The highest BCUT2D eigenvalue weighted by Gasteiger charge is 2.46. The average Bonchev–Trinajstić information content (AvgIpc) is 2.46. The van der Waals surface area contributed by atoms with Crippen molar-refractivity contribution < 1.29 is 10.2 Å². The molecule has 4 unspecified atom stereocenters. The third-order valence-corrected chi connectivity index (χ3v) is 3.25. The van der Waals surface area contributed by atoms with Crippen LogP contribution in [0, 0.1) is 17.8 Å². The van der Waals surface area contributed by atoms with E-state index < -0.39 is 0 Å². The molecule has 4 atom stereocenters. The van der Waals surface area contributed by atoms with E-state index in [1.807, 2.05) is 0 Å². The minimum Gasteiger partial charge on any atom is -0.396 e. The van der Waals surface area contributed by atoms with Crippen LogP contribution in [-0.4, -0.2) is 22.9 Å². The Morgan fingerprint density at radius 1 is 1.20 bits per heavy atom. The van der Waals surface area contributed by atoms with Crippen LogP contribution in [0.3, 0.4) is 0 Å². The van der Waals surface area contributed by atoms with Gasteiger partial charge in [0.05, 0.1) is 6.10 Å². The standard InChI is InChI=1S/C8H14O2/c9-4-7-5-1-2-6(3-5)8(7)10/h5-10H,1-4H2. The van der Waals surface area contributed by atoms with Gasteiger partial charge in [0.1, 0.15) is 0 Å². The summed E-state index contributed by atoms with van der Waals surface area (Å²) in [4.78, 5) is 0. The maximum Gasteiger partial charge on any atom is 0.0621 e. The Morgan fingerprint density at radius 3 is 2.30 bits per heavy atom. The lowest BCUT2D eigenvalue weighted by atomic mass is 9.87. The molecule has 2 bridgehead atoms. The monoisotopic (exact) mass is 142 g/mol. The molecule has 2 nitrogen and oxygen atoms in total. The van der Waals surface area contributed by atoms with Crippen LogP contribution in [0.1, 0.15) is 19.3 Å². The number of fused-ring (bicyclic) bond motifs is 2. The maximum absolute atomic E-state index is 9.52. The van der Waals surface area contributed by atoms with Crippen LogP contribution < -0.4 is 0 Å². The van der Waals surface area contributed by atoms with Gasteiger partial charge in [-0.05, 0) is 31.1 Å². The van der Waals surface area contributed by atoms with E-state index in [9.17, 15) is 5.11 Å². The molecule has 2 saturated carbocycles. The van der Waals surface area contributed by atoms with Gasteiger partial charge in [0.2, 0.25) is 0 Å². The Morgan fingerprint density at radius 2 is 1.90 bits per heavy atom. The molecule has 2 aliphatic carbocycles. The van der Waals surface area contributed by atoms with Crippen LogP contribution in [0.2, 0.25) is 0 Å². The number of rotatable bonds is 1.